The smallest absolute Gasteiger partial charge is 0.316 e. The van der Waals surface area contributed by atoms with Gasteiger partial charge in [0.15, 0.2) is 0 Å². The van der Waals surface area contributed by atoms with Crippen LogP contribution in [0, 0.1) is 5.92 Å². The van der Waals surface area contributed by atoms with E-state index in [1.165, 1.54) is 12.8 Å². The van der Waals surface area contributed by atoms with E-state index in [2.05, 4.69) is 29.0 Å². The maximum Gasteiger partial charge on any atom is 0.321 e. The number of nitrogens with zero attached hydrogens (tertiary/aromatic N) is 3. The summed E-state index contributed by atoms with van der Waals surface area (Å²) in [6.07, 6.45) is 6.67. The molecule has 2 aliphatic heterocycles. The Labute approximate surface area is 142 Å². The zero-order chi connectivity index (χ0) is 16.0. The Hall–Kier alpha value is -1.14. The molecule has 2 amide bonds. The molecule has 1 spiro atoms. The van der Waals surface area contributed by atoms with Crippen molar-refractivity contribution in [2.75, 3.05) is 13.1 Å². The average molecular weight is 334 g/mol. The van der Waals surface area contributed by atoms with Crippen molar-refractivity contribution in [3.05, 3.63) is 16.6 Å². The third kappa shape index (κ3) is 2.56. The maximum atomic E-state index is 13.0. The van der Waals surface area contributed by atoms with Crippen molar-refractivity contribution in [2.24, 2.45) is 5.92 Å². The molecule has 4 rings (SSSR count). The second kappa shape index (κ2) is 5.74. The Morgan fingerprint density at radius 3 is 3.04 bits per heavy atom. The SMILES string of the molecule is CC(C)N1C(=O)N(Cc2nccs2)CC12CC1CCCNC1C2. The number of carbonyl (C=O) groups is 1. The van der Waals surface area contributed by atoms with Crippen LogP contribution < -0.4 is 5.32 Å². The first kappa shape index (κ1) is 15.4. The maximum absolute atomic E-state index is 13.0. The van der Waals surface area contributed by atoms with E-state index in [-0.39, 0.29) is 17.6 Å². The largest absolute Gasteiger partial charge is 0.321 e. The Balaban J connectivity index is 1.59. The van der Waals surface area contributed by atoms with Gasteiger partial charge in [-0.1, -0.05) is 0 Å². The second-order valence-electron chi connectivity index (χ2n) is 7.62. The molecule has 126 valence electrons. The Bertz CT molecular complexity index is 559. The molecule has 0 radical (unpaired) electrons. The first-order chi connectivity index (χ1) is 11.1. The molecule has 3 aliphatic rings. The molecule has 3 heterocycles. The highest BCUT2D eigenvalue weighted by molar-refractivity contribution is 7.09. The first-order valence-corrected chi connectivity index (χ1v) is 9.67. The number of hydrogen-bond donors (Lipinski definition) is 1. The molecule has 1 aromatic heterocycles. The summed E-state index contributed by atoms with van der Waals surface area (Å²) < 4.78 is 0. The third-order valence-electron chi connectivity index (χ3n) is 5.77. The van der Waals surface area contributed by atoms with Crippen molar-refractivity contribution in [1.82, 2.24) is 20.1 Å². The first-order valence-electron chi connectivity index (χ1n) is 8.79. The minimum atomic E-state index is 0.0230. The summed E-state index contributed by atoms with van der Waals surface area (Å²) in [6, 6.07) is 1.05. The van der Waals surface area contributed by atoms with E-state index in [0.29, 0.717) is 12.6 Å². The van der Waals surface area contributed by atoms with Gasteiger partial charge in [0.1, 0.15) is 5.01 Å². The minimum Gasteiger partial charge on any atom is -0.316 e. The number of carbonyl (C=O) groups excluding carboxylic acids is 1. The lowest BCUT2D eigenvalue weighted by molar-refractivity contribution is 0.128. The summed E-state index contributed by atoms with van der Waals surface area (Å²) in [4.78, 5) is 21.6. The van der Waals surface area contributed by atoms with E-state index in [4.69, 9.17) is 0 Å². The molecule has 0 aromatic carbocycles. The lowest BCUT2D eigenvalue weighted by Crippen LogP contribution is -2.49. The number of thiazole rings is 1. The molecule has 1 aromatic rings. The second-order valence-corrected chi connectivity index (χ2v) is 8.60. The topological polar surface area (TPSA) is 48.5 Å². The van der Waals surface area contributed by atoms with Crippen molar-refractivity contribution in [3.8, 4) is 0 Å². The molecule has 3 unspecified atom stereocenters. The number of hydrogen-bond acceptors (Lipinski definition) is 4. The fourth-order valence-electron chi connectivity index (χ4n) is 5.05. The summed E-state index contributed by atoms with van der Waals surface area (Å²) in [5, 5.41) is 6.72. The van der Waals surface area contributed by atoms with Crippen LogP contribution in [0.3, 0.4) is 0 Å². The van der Waals surface area contributed by atoms with Crippen LogP contribution in [0.5, 0.6) is 0 Å². The highest BCUT2D eigenvalue weighted by Crippen LogP contribution is 2.47. The van der Waals surface area contributed by atoms with Crippen LogP contribution in [-0.4, -0.2) is 51.5 Å². The summed E-state index contributed by atoms with van der Waals surface area (Å²) in [6.45, 7) is 6.96. The quantitative estimate of drug-likeness (QED) is 0.924. The van der Waals surface area contributed by atoms with E-state index in [1.807, 2.05) is 16.5 Å². The van der Waals surface area contributed by atoms with E-state index in [0.717, 1.165) is 36.9 Å². The zero-order valence-corrected chi connectivity index (χ0v) is 14.8. The molecule has 1 N–H and O–H groups in total. The number of nitrogens with one attached hydrogen (secondary N) is 1. The van der Waals surface area contributed by atoms with Crippen molar-refractivity contribution < 1.29 is 4.79 Å². The summed E-state index contributed by atoms with van der Waals surface area (Å²) in [7, 11) is 0. The molecule has 1 aliphatic carbocycles. The lowest BCUT2D eigenvalue weighted by atomic mass is 9.91. The Morgan fingerprint density at radius 2 is 2.35 bits per heavy atom. The third-order valence-corrected chi connectivity index (χ3v) is 6.53. The molecule has 5 nitrogen and oxygen atoms in total. The van der Waals surface area contributed by atoms with E-state index in [9.17, 15) is 4.79 Å². The van der Waals surface area contributed by atoms with E-state index in [1.54, 1.807) is 11.3 Å². The molecule has 1 saturated carbocycles. The van der Waals surface area contributed by atoms with Gasteiger partial charge in [0.05, 0.1) is 12.1 Å². The van der Waals surface area contributed by atoms with Crippen LogP contribution in [0.25, 0.3) is 0 Å². The van der Waals surface area contributed by atoms with E-state index >= 15 is 0 Å². The molecule has 2 saturated heterocycles. The summed E-state index contributed by atoms with van der Waals surface area (Å²) in [5.41, 5.74) is 0.0230. The van der Waals surface area contributed by atoms with Crippen molar-refractivity contribution in [1.29, 1.82) is 0 Å². The van der Waals surface area contributed by atoms with Gasteiger partial charge in [-0.25, -0.2) is 9.78 Å². The fraction of sp³-hybridized carbons (Fsp3) is 0.765. The summed E-state index contributed by atoms with van der Waals surface area (Å²) >= 11 is 1.64. The Morgan fingerprint density at radius 1 is 1.48 bits per heavy atom. The zero-order valence-electron chi connectivity index (χ0n) is 14.0. The van der Waals surface area contributed by atoms with Crippen LogP contribution in [0.15, 0.2) is 11.6 Å². The van der Waals surface area contributed by atoms with E-state index < -0.39 is 0 Å². The molecule has 23 heavy (non-hydrogen) atoms. The van der Waals surface area contributed by atoms with Gasteiger partial charge in [-0.05, 0) is 52.0 Å². The highest BCUT2D eigenvalue weighted by Gasteiger charge is 2.57. The van der Waals surface area contributed by atoms with Gasteiger partial charge < -0.3 is 15.1 Å². The van der Waals surface area contributed by atoms with Gasteiger partial charge in [0, 0.05) is 30.2 Å². The molecular weight excluding hydrogens is 308 g/mol. The average Bonchev–Trinajstić information content (AvgIpc) is 3.18. The van der Waals surface area contributed by atoms with Gasteiger partial charge in [0.2, 0.25) is 0 Å². The van der Waals surface area contributed by atoms with Gasteiger partial charge >= 0.3 is 6.03 Å². The number of aromatic nitrogens is 1. The highest BCUT2D eigenvalue weighted by atomic mass is 32.1. The number of amides is 2. The van der Waals surface area contributed by atoms with Crippen LogP contribution in [0.2, 0.25) is 0 Å². The van der Waals surface area contributed by atoms with Crippen molar-refractivity contribution >= 4 is 17.4 Å². The van der Waals surface area contributed by atoms with Gasteiger partial charge in [-0.15, -0.1) is 11.3 Å². The fourth-order valence-corrected chi connectivity index (χ4v) is 5.68. The van der Waals surface area contributed by atoms with Gasteiger partial charge in [-0.2, -0.15) is 0 Å². The lowest BCUT2D eigenvalue weighted by Gasteiger charge is -2.36. The monoisotopic (exact) mass is 334 g/mol. The molecule has 0 bridgehead atoms. The molecule has 3 fully saturated rings. The number of rotatable bonds is 3. The van der Waals surface area contributed by atoms with Crippen LogP contribution >= 0.6 is 11.3 Å². The number of piperidine rings is 1. The molecule has 6 heteroatoms. The van der Waals surface area contributed by atoms with Crippen molar-refractivity contribution in [3.63, 3.8) is 0 Å². The number of fused-ring (bicyclic) bond motifs is 1. The van der Waals surface area contributed by atoms with Crippen LogP contribution in [0.1, 0.15) is 44.5 Å². The standard InChI is InChI=1S/C17H26N4OS/c1-12(2)21-16(22)20(10-15-19-6-7-23-15)11-17(21)8-13-4-3-5-18-14(13)9-17/h6-7,12-14,18H,3-5,8-11H2,1-2H3. The Kier molecular flexibility index (Phi) is 3.84. The van der Waals surface area contributed by atoms with Crippen LogP contribution in [0.4, 0.5) is 4.79 Å². The van der Waals surface area contributed by atoms with Gasteiger partial charge in [-0.3, -0.25) is 0 Å². The van der Waals surface area contributed by atoms with Gasteiger partial charge in [0.25, 0.3) is 0 Å². The summed E-state index contributed by atoms with van der Waals surface area (Å²) in [5.74, 6) is 0.734. The predicted molar refractivity (Wildman–Crippen MR) is 91.4 cm³/mol. The van der Waals surface area contributed by atoms with Crippen molar-refractivity contribution in [2.45, 2.75) is 63.7 Å². The van der Waals surface area contributed by atoms with Crippen LogP contribution in [-0.2, 0) is 6.54 Å². The normalized spacial score (nSPS) is 34.0. The molecular formula is C17H26N4OS. The minimum absolute atomic E-state index is 0.0230. The number of urea groups is 1. The predicted octanol–water partition coefficient (Wildman–Crippen LogP) is 2.69. The molecule has 3 atom stereocenters.